The Morgan fingerprint density at radius 2 is 2.08 bits per heavy atom. The van der Waals surface area contributed by atoms with E-state index in [0.29, 0.717) is 11.7 Å². The summed E-state index contributed by atoms with van der Waals surface area (Å²) in [5, 5.41) is 24.4. The molecule has 9 heteroatoms. The van der Waals surface area contributed by atoms with Gasteiger partial charge in [-0.05, 0) is 38.8 Å². The molecule has 2 aromatic rings. The van der Waals surface area contributed by atoms with Crippen molar-refractivity contribution in [3.8, 4) is 0 Å². The molecule has 8 nitrogen and oxygen atoms in total. The van der Waals surface area contributed by atoms with Crippen LogP contribution in [-0.2, 0) is 12.1 Å². The van der Waals surface area contributed by atoms with Crippen molar-refractivity contribution in [1.29, 1.82) is 0 Å². The molecule has 0 bridgehead atoms. The predicted molar refractivity (Wildman–Crippen MR) is 107 cm³/mol. The van der Waals surface area contributed by atoms with Crippen molar-refractivity contribution in [1.82, 2.24) is 25.4 Å². The molecule has 0 aliphatic rings. The summed E-state index contributed by atoms with van der Waals surface area (Å²) >= 11 is 0. The first-order valence-electron chi connectivity index (χ1n) is 8.23. The highest BCUT2D eigenvalue weighted by molar-refractivity contribution is 14.0. The van der Waals surface area contributed by atoms with E-state index in [1.807, 2.05) is 11.5 Å². The summed E-state index contributed by atoms with van der Waals surface area (Å²) in [5.41, 5.74) is -1.12. The van der Waals surface area contributed by atoms with Gasteiger partial charge in [0.15, 0.2) is 5.96 Å². The van der Waals surface area contributed by atoms with Crippen LogP contribution in [0, 0.1) is 0 Å². The van der Waals surface area contributed by atoms with E-state index in [-0.39, 0.29) is 30.5 Å². The van der Waals surface area contributed by atoms with E-state index in [2.05, 4.69) is 25.8 Å². The zero-order chi connectivity index (χ0) is 17.3. The largest absolute Gasteiger partial charge is 0.466 e. The van der Waals surface area contributed by atoms with E-state index in [4.69, 9.17) is 4.42 Å². The Hall–Kier alpha value is -1.62. The quantitative estimate of drug-likeness (QED) is 0.227. The number of guanidine groups is 1. The number of halogens is 1. The molecule has 1 unspecified atom stereocenters. The zero-order valence-electron chi connectivity index (χ0n) is 14.7. The van der Waals surface area contributed by atoms with Gasteiger partial charge in [0.25, 0.3) is 0 Å². The maximum absolute atomic E-state index is 10.4. The van der Waals surface area contributed by atoms with Crippen LogP contribution >= 0.6 is 24.0 Å². The fraction of sp³-hybridized carbons (Fsp3) is 0.562. The number of aliphatic imine (C=N–C) groups is 1. The van der Waals surface area contributed by atoms with Crippen LogP contribution in [0.3, 0.4) is 0 Å². The summed E-state index contributed by atoms with van der Waals surface area (Å²) in [7, 11) is 0. The van der Waals surface area contributed by atoms with Crippen LogP contribution in [0.25, 0.3) is 0 Å². The Balaban J connectivity index is 0.00000312. The molecule has 1 atom stereocenters. The number of hydrogen-bond donors (Lipinski definition) is 3. The second-order valence-electron chi connectivity index (χ2n) is 5.78. The minimum absolute atomic E-state index is 0. The lowest BCUT2D eigenvalue weighted by Crippen LogP contribution is -2.39. The monoisotopic (exact) mass is 462 g/mol. The molecule has 25 heavy (non-hydrogen) atoms. The lowest BCUT2D eigenvalue weighted by atomic mass is 10.0. The molecular weight excluding hydrogens is 435 g/mol. The van der Waals surface area contributed by atoms with Gasteiger partial charge in [-0.15, -0.1) is 34.2 Å². The first-order chi connectivity index (χ1) is 11.6. The van der Waals surface area contributed by atoms with Crippen LogP contribution < -0.4 is 10.6 Å². The van der Waals surface area contributed by atoms with Crippen LogP contribution in [0.4, 0.5) is 0 Å². The number of aryl methyl sites for hydroxylation is 1. The summed E-state index contributed by atoms with van der Waals surface area (Å²) in [6.45, 7) is 6.38. The maximum atomic E-state index is 10.4. The van der Waals surface area contributed by atoms with Crippen LogP contribution in [0.15, 0.2) is 40.5 Å². The number of aromatic nitrogens is 3. The third-order valence-corrected chi connectivity index (χ3v) is 3.54. The van der Waals surface area contributed by atoms with E-state index < -0.39 is 5.60 Å². The molecule has 140 valence electrons. The van der Waals surface area contributed by atoms with Gasteiger partial charge in [-0.1, -0.05) is 0 Å². The maximum Gasteiger partial charge on any atom is 0.191 e. The fourth-order valence-corrected chi connectivity index (χ4v) is 2.20. The van der Waals surface area contributed by atoms with Crippen LogP contribution in [-0.4, -0.2) is 45.5 Å². The van der Waals surface area contributed by atoms with Gasteiger partial charge in [0.1, 0.15) is 24.0 Å². The van der Waals surface area contributed by atoms with Gasteiger partial charge < -0.3 is 24.7 Å². The molecule has 3 N–H and O–H groups in total. The third-order valence-electron chi connectivity index (χ3n) is 3.54. The fourth-order valence-electron chi connectivity index (χ4n) is 2.20. The number of nitrogens with one attached hydrogen (secondary N) is 2. The SMILES string of the molecule is CCNC(=NCC(C)(O)c1ccco1)NCCCCn1cnnc1.I. The van der Waals surface area contributed by atoms with Crippen molar-refractivity contribution in [3.63, 3.8) is 0 Å². The molecule has 0 amide bonds. The Morgan fingerprint density at radius 3 is 2.72 bits per heavy atom. The Labute approximate surface area is 165 Å². The summed E-state index contributed by atoms with van der Waals surface area (Å²) in [6.07, 6.45) is 7.00. The van der Waals surface area contributed by atoms with E-state index in [9.17, 15) is 5.11 Å². The Kier molecular flexibility index (Phi) is 9.50. The number of rotatable bonds is 9. The van der Waals surface area contributed by atoms with Gasteiger partial charge in [-0.3, -0.25) is 0 Å². The Morgan fingerprint density at radius 1 is 1.32 bits per heavy atom. The molecule has 2 rings (SSSR count). The predicted octanol–water partition coefficient (Wildman–Crippen LogP) is 1.73. The standard InChI is InChI=1S/C16H26N6O2.HI/c1-3-17-15(18-8-4-5-9-22-12-20-21-13-22)19-11-16(2,23)14-7-6-10-24-14;/h6-7,10,12-13,23H,3-5,8-9,11H2,1-2H3,(H2,17,18,19);1H. The van der Waals surface area contributed by atoms with Crippen molar-refractivity contribution in [2.24, 2.45) is 4.99 Å². The van der Waals surface area contributed by atoms with Gasteiger partial charge >= 0.3 is 0 Å². The van der Waals surface area contributed by atoms with E-state index in [1.165, 1.54) is 0 Å². The van der Waals surface area contributed by atoms with Gasteiger partial charge in [0, 0.05) is 19.6 Å². The molecule has 0 aliphatic heterocycles. The summed E-state index contributed by atoms with van der Waals surface area (Å²) in [4.78, 5) is 4.45. The smallest absolute Gasteiger partial charge is 0.191 e. The third kappa shape index (κ3) is 7.43. The summed E-state index contributed by atoms with van der Waals surface area (Å²) in [6, 6.07) is 3.51. The summed E-state index contributed by atoms with van der Waals surface area (Å²) < 4.78 is 7.22. The van der Waals surface area contributed by atoms with Crippen molar-refractivity contribution in [2.75, 3.05) is 19.6 Å². The second-order valence-corrected chi connectivity index (χ2v) is 5.78. The Bertz CT molecular complexity index is 598. The van der Waals surface area contributed by atoms with E-state index >= 15 is 0 Å². The molecule has 0 fully saturated rings. The number of hydrogen-bond acceptors (Lipinski definition) is 5. The normalized spacial score (nSPS) is 13.8. The molecule has 0 radical (unpaired) electrons. The topological polar surface area (TPSA) is 100 Å². The van der Waals surface area contributed by atoms with Gasteiger partial charge in [0.2, 0.25) is 0 Å². The zero-order valence-corrected chi connectivity index (χ0v) is 17.0. The van der Waals surface area contributed by atoms with E-state index in [1.54, 1.807) is 38.0 Å². The lowest BCUT2D eigenvalue weighted by Gasteiger charge is -2.19. The average Bonchev–Trinajstić information content (AvgIpc) is 3.25. The second kappa shape index (κ2) is 11.1. The highest BCUT2D eigenvalue weighted by Gasteiger charge is 2.25. The highest BCUT2D eigenvalue weighted by atomic mass is 127. The van der Waals surface area contributed by atoms with Gasteiger partial charge in [0.05, 0.1) is 12.8 Å². The molecule has 0 aromatic carbocycles. The highest BCUT2D eigenvalue weighted by Crippen LogP contribution is 2.20. The lowest BCUT2D eigenvalue weighted by molar-refractivity contribution is 0.0437. The van der Waals surface area contributed by atoms with Gasteiger partial charge in [-0.2, -0.15) is 0 Å². The van der Waals surface area contributed by atoms with Crippen LogP contribution in [0.1, 0.15) is 32.4 Å². The van der Waals surface area contributed by atoms with Crippen molar-refractivity contribution < 1.29 is 9.52 Å². The number of nitrogens with zero attached hydrogens (tertiary/aromatic N) is 4. The van der Waals surface area contributed by atoms with Crippen molar-refractivity contribution >= 4 is 29.9 Å². The number of furan rings is 1. The van der Waals surface area contributed by atoms with Crippen LogP contribution in [0.2, 0.25) is 0 Å². The summed E-state index contributed by atoms with van der Waals surface area (Å²) in [5.74, 6) is 1.20. The van der Waals surface area contributed by atoms with Crippen molar-refractivity contribution in [2.45, 2.75) is 38.8 Å². The minimum Gasteiger partial charge on any atom is -0.466 e. The first-order valence-corrected chi connectivity index (χ1v) is 8.23. The molecule has 0 saturated carbocycles. The average molecular weight is 462 g/mol. The molecular formula is C16H27IN6O2. The molecule has 0 saturated heterocycles. The first kappa shape index (κ1) is 21.4. The van der Waals surface area contributed by atoms with Crippen LogP contribution in [0.5, 0.6) is 0 Å². The number of aliphatic hydroxyl groups is 1. The molecule has 2 heterocycles. The molecule has 0 aliphatic carbocycles. The minimum atomic E-state index is -1.12. The van der Waals surface area contributed by atoms with Crippen molar-refractivity contribution in [3.05, 3.63) is 36.8 Å². The molecule has 2 aromatic heterocycles. The number of unbranched alkanes of at least 4 members (excludes halogenated alkanes) is 1. The van der Waals surface area contributed by atoms with E-state index in [0.717, 1.165) is 32.5 Å². The molecule has 0 spiro atoms. The van der Waals surface area contributed by atoms with Gasteiger partial charge in [-0.25, -0.2) is 4.99 Å².